The molecule has 1 fully saturated rings. The fraction of sp³-hybridized carbons (Fsp3) is 0.316. The Kier molecular flexibility index (Phi) is 3.23. The molecule has 2 aromatic rings. The smallest absolute Gasteiger partial charge is 0.252 e. The number of carbonyl (C=O) groups is 1. The molecule has 2 aromatic carbocycles. The van der Waals surface area contributed by atoms with E-state index in [0.717, 1.165) is 36.3 Å². The monoisotopic (exact) mass is 292 g/mol. The van der Waals surface area contributed by atoms with Crippen LogP contribution in [-0.2, 0) is 0 Å². The minimum Gasteiger partial charge on any atom is -0.352 e. The van der Waals surface area contributed by atoms with E-state index in [1.54, 1.807) is 0 Å². The molecule has 112 valence electrons. The molecule has 2 aliphatic rings. The fourth-order valence-electron chi connectivity index (χ4n) is 3.95. The number of nitrogens with one attached hydrogen (secondary N) is 1. The van der Waals surface area contributed by atoms with E-state index < -0.39 is 0 Å². The zero-order valence-corrected chi connectivity index (χ0v) is 12.8. The summed E-state index contributed by atoms with van der Waals surface area (Å²) in [6, 6.07) is 16.5. The number of rotatable bonds is 1. The van der Waals surface area contributed by atoms with E-state index in [0.29, 0.717) is 11.8 Å². The summed E-state index contributed by atoms with van der Waals surface area (Å²) in [5, 5.41) is 3.14. The number of fused-ring (bicyclic) bond motifs is 3. The van der Waals surface area contributed by atoms with Gasteiger partial charge in [0.1, 0.15) is 0 Å². The van der Waals surface area contributed by atoms with E-state index in [-0.39, 0.29) is 5.91 Å². The van der Waals surface area contributed by atoms with Crippen LogP contribution in [0.5, 0.6) is 0 Å². The number of hydrogen-bond donors (Lipinski definition) is 1. The zero-order chi connectivity index (χ0) is 15.1. The largest absolute Gasteiger partial charge is 0.352 e. The summed E-state index contributed by atoms with van der Waals surface area (Å²) >= 11 is 0. The van der Waals surface area contributed by atoms with Crippen molar-refractivity contribution in [3.63, 3.8) is 0 Å². The van der Waals surface area contributed by atoms with Crippen LogP contribution in [0.3, 0.4) is 0 Å². The van der Waals surface area contributed by atoms with E-state index in [4.69, 9.17) is 0 Å². The van der Waals surface area contributed by atoms with Crippen molar-refractivity contribution >= 4 is 5.91 Å². The molecule has 0 radical (unpaired) electrons. The normalized spacial score (nSPS) is 24.3. The molecule has 0 aromatic heterocycles. The van der Waals surface area contributed by atoms with E-state index in [1.807, 2.05) is 18.2 Å². The lowest BCUT2D eigenvalue weighted by molar-refractivity contribution is 0.0952. The van der Waals surface area contributed by atoms with Gasteiger partial charge in [-0.25, -0.2) is 0 Å². The van der Waals surface area contributed by atoms with Gasteiger partial charge in [0.2, 0.25) is 0 Å². The lowest BCUT2D eigenvalue weighted by atomic mass is 9.84. The Bertz CT molecular complexity index is 711. The maximum Gasteiger partial charge on any atom is 0.252 e. The lowest BCUT2D eigenvalue weighted by Crippen LogP contribution is -2.29. The minimum absolute atomic E-state index is 0.0755. The highest BCUT2D eigenvalue weighted by atomic mass is 16.1. The van der Waals surface area contributed by atoms with E-state index in [1.165, 1.54) is 5.56 Å². The number of likely N-dealkylation sites (N-methyl/N-ethyl adjacent to an activating group) is 1. The molecular formula is C19H20N2O. The number of benzene rings is 2. The SMILES string of the molecule is CN1CC2CNC(=O)c3c(-c4ccccc4)cccc3C2C1. The van der Waals surface area contributed by atoms with Gasteiger partial charge < -0.3 is 10.2 Å². The standard InChI is InChI=1S/C19H20N2O/c1-21-11-14-10-20-19(22)18-15(13-6-3-2-4-7-13)8-5-9-16(18)17(14)12-21/h2-9,14,17H,10-12H2,1H3,(H,20,22). The van der Waals surface area contributed by atoms with Gasteiger partial charge >= 0.3 is 0 Å². The van der Waals surface area contributed by atoms with Crippen LogP contribution in [0.15, 0.2) is 48.5 Å². The van der Waals surface area contributed by atoms with Crippen molar-refractivity contribution in [3.8, 4) is 11.1 Å². The first-order valence-electron chi connectivity index (χ1n) is 7.89. The zero-order valence-electron chi connectivity index (χ0n) is 12.8. The van der Waals surface area contributed by atoms with Crippen LogP contribution in [0.1, 0.15) is 21.8 Å². The van der Waals surface area contributed by atoms with Gasteiger partial charge in [0.05, 0.1) is 5.56 Å². The van der Waals surface area contributed by atoms with Crippen LogP contribution in [0, 0.1) is 5.92 Å². The molecule has 22 heavy (non-hydrogen) atoms. The molecule has 3 nitrogen and oxygen atoms in total. The summed E-state index contributed by atoms with van der Waals surface area (Å²) in [4.78, 5) is 15.1. The fourth-order valence-corrected chi connectivity index (χ4v) is 3.95. The predicted octanol–water partition coefficient (Wildman–Crippen LogP) is 2.74. The van der Waals surface area contributed by atoms with Crippen molar-refractivity contribution in [3.05, 3.63) is 59.7 Å². The summed E-state index contributed by atoms with van der Waals surface area (Å²) in [6.45, 7) is 2.86. The Labute approximate surface area is 131 Å². The molecule has 0 bridgehead atoms. The number of likely N-dealkylation sites (tertiary alicyclic amines) is 1. The molecule has 2 atom stereocenters. The van der Waals surface area contributed by atoms with E-state index in [9.17, 15) is 4.79 Å². The Balaban J connectivity index is 1.89. The van der Waals surface area contributed by atoms with Crippen LogP contribution in [0.25, 0.3) is 11.1 Å². The molecule has 2 aliphatic heterocycles. The summed E-state index contributed by atoms with van der Waals surface area (Å²) in [5.74, 6) is 1.04. The van der Waals surface area contributed by atoms with Crippen LogP contribution >= 0.6 is 0 Å². The highest BCUT2D eigenvalue weighted by Crippen LogP contribution is 2.38. The Morgan fingerprint density at radius 1 is 1.05 bits per heavy atom. The molecule has 1 saturated heterocycles. The third-order valence-corrected chi connectivity index (χ3v) is 4.96. The van der Waals surface area contributed by atoms with Crippen molar-refractivity contribution in [2.45, 2.75) is 5.92 Å². The second kappa shape index (κ2) is 5.25. The molecule has 4 rings (SSSR count). The van der Waals surface area contributed by atoms with Crippen LogP contribution < -0.4 is 5.32 Å². The van der Waals surface area contributed by atoms with Gasteiger partial charge in [-0.05, 0) is 29.7 Å². The van der Waals surface area contributed by atoms with Gasteiger partial charge in [0.15, 0.2) is 0 Å². The summed E-state index contributed by atoms with van der Waals surface area (Å²) in [7, 11) is 2.16. The van der Waals surface area contributed by atoms with Crippen molar-refractivity contribution in [2.24, 2.45) is 5.92 Å². The second-order valence-electron chi connectivity index (χ2n) is 6.43. The average Bonchev–Trinajstić information content (AvgIpc) is 2.87. The van der Waals surface area contributed by atoms with Gasteiger partial charge in [-0.2, -0.15) is 0 Å². The van der Waals surface area contributed by atoms with Crippen LogP contribution in [0.4, 0.5) is 0 Å². The Hall–Kier alpha value is -2.13. The molecule has 2 heterocycles. The molecule has 1 amide bonds. The molecule has 3 heteroatoms. The average molecular weight is 292 g/mol. The second-order valence-corrected chi connectivity index (χ2v) is 6.43. The third kappa shape index (κ3) is 2.13. The van der Waals surface area contributed by atoms with Gasteiger partial charge in [-0.1, -0.05) is 48.5 Å². The first-order valence-corrected chi connectivity index (χ1v) is 7.89. The summed E-state index contributed by atoms with van der Waals surface area (Å²) in [5.41, 5.74) is 4.24. The Morgan fingerprint density at radius 3 is 2.68 bits per heavy atom. The van der Waals surface area contributed by atoms with Crippen molar-refractivity contribution in [1.29, 1.82) is 0 Å². The van der Waals surface area contributed by atoms with E-state index >= 15 is 0 Å². The molecule has 2 unspecified atom stereocenters. The van der Waals surface area contributed by atoms with Crippen LogP contribution in [0.2, 0.25) is 0 Å². The lowest BCUT2D eigenvalue weighted by Gasteiger charge is -2.18. The van der Waals surface area contributed by atoms with Crippen LogP contribution in [-0.4, -0.2) is 37.5 Å². The van der Waals surface area contributed by atoms with Gasteiger partial charge in [-0.3, -0.25) is 4.79 Å². The number of carbonyl (C=O) groups excluding carboxylic acids is 1. The molecular weight excluding hydrogens is 272 g/mol. The van der Waals surface area contributed by atoms with Crippen molar-refractivity contribution < 1.29 is 4.79 Å². The van der Waals surface area contributed by atoms with Crippen molar-refractivity contribution in [1.82, 2.24) is 10.2 Å². The number of nitrogens with zero attached hydrogens (tertiary/aromatic N) is 1. The summed E-state index contributed by atoms with van der Waals surface area (Å²) in [6.07, 6.45) is 0. The van der Waals surface area contributed by atoms with E-state index in [2.05, 4.69) is 47.6 Å². The Morgan fingerprint density at radius 2 is 1.86 bits per heavy atom. The molecule has 1 N–H and O–H groups in total. The summed E-state index contributed by atoms with van der Waals surface area (Å²) < 4.78 is 0. The predicted molar refractivity (Wildman–Crippen MR) is 87.9 cm³/mol. The first kappa shape index (κ1) is 13.5. The topological polar surface area (TPSA) is 32.3 Å². The number of amides is 1. The first-order chi connectivity index (χ1) is 10.7. The highest BCUT2D eigenvalue weighted by Gasteiger charge is 2.37. The molecule has 0 spiro atoms. The maximum absolute atomic E-state index is 12.7. The molecule has 0 saturated carbocycles. The third-order valence-electron chi connectivity index (χ3n) is 4.96. The highest BCUT2D eigenvalue weighted by molar-refractivity contribution is 6.03. The molecule has 0 aliphatic carbocycles. The maximum atomic E-state index is 12.7. The quantitative estimate of drug-likeness (QED) is 0.876. The number of hydrogen-bond acceptors (Lipinski definition) is 2. The van der Waals surface area contributed by atoms with Crippen molar-refractivity contribution in [2.75, 3.05) is 26.7 Å². The van der Waals surface area contributed by atoms with Gasteiger partial charge in [-0.15, -0.1) is 0 Å². The van der Waals surface area contributed by atoms with Gasteiger partial charge in [0, 0.05) is 25.6 Å². The van der Waals surface area contributed by atoms with Gasteiger partial charge in [0.25, 0.3) is 5.91 Å². The minimum atomic E-state index is 0.0755.